The highest BCUT2D eigenvalue weighted by Crippen LogP contribution is 2.26. The highest BCUT2D eigenvalue weighted by molar-refractivity contribution is 5.85. The largest absolute Gasteiger partial charge is 0.504 e. The summed E-state index contributed by atoms with van der Waals surface area (Å²) in [5.74, 6) is -0.533. The molecule has 8 heteroatoms. The third-order valence-electron chi connectivity index (χ3n) is 3.42. The van der Waals surface area contributed by atoms with Gasteiger partial charge in [0.25, 0.3) is 0 Å². The Bertz CT molecular complexity index is 571. The minimum Gasteiger partial charge on any atom is -0.504 e. The molecule has 8 nitrogen and oxygen atoms in total. The van der Waals surface area contributed by atoms with Crippen LogP contribution in [0.3, 0.4) is 0 Å². The lowest BCUT2D eigenvalue weighted by Gasteiger charge is -2.24. The summed E-state index contributed by atoms with van der Waals surface area (Å²) in [7, 11) is 1.40. The van der Waals surface area contributed by atoms with Crippen LogP contribution in [0.1, 0.15) is 12.0 Å². The molecular weight excluding hydrogens is 320 g/mol. The van der Waals surface area contributed by atoms with Gasteiger partial charge in [0.2, 0.25) is 0 Å². The van der Waals surface area contributed by atoms with Gasteiger partial charge in [-0.3, -0.25) is 4.79 Å². The van der Waals surface area contributed by atoms with Gasteiger partial charge in [-0.15, -0.1) is 0 Å². The molecule has 6 N–H and O–H groups in total. The van der Waals surface area contributed by atoms with E-state index in [4.69, 9.17) is 9.84 Å². The molecule has 0 aliphatic rings. The molecule has 0 saturated carbocycles. The van der Waals surface area contributed by atoms with Crippen LogP contribution < -0.4 is 4.74 Å². The van der Waals surface area contributed by atoms with Crippen molar-refractivity contribution in [2.75, 3.05) is 13.7 Å². The second-order valence-electron chi connectivity index (χ2n) is 5.18. The average Bonchev–Trinajstić information content (AvgIpc) is 2.60. The Labute approximate surface area is 138 Å². The lowest BCUT2D eigenvalue weighted by molar-refractivity contribution is -0.146. The third-order valence-corrected chi connectivity index (χ3v) is 3.42. The molecule has 4 atom stereocenters. The second-order valence-corrected chi connectivity index (χ2v) is 5.18. The van der Waals surface area contributed by atoms with Gasteiger partial charge in [-0.2, -0.15) is 0 Å². The predicted octanol–water partition coefficient (Wildman–Crippen LogP) is -1.19. The SMILES string of the molecule is COc1cc(/C=C/CC(=O)[C@H](O)[C@@H](O)[C@H](O)[C@H](O)CO)ccc1O. The number of hydrogen-bond donors (Lipinski definition) is 6. The standard InChI is InChI=1S/C16H22O8/c1-24-13-7-9(5-6-10(13)18)3-2-4-11(19)14(21)16(23)15(22)12(20)8-17/h2-3,5-7,12,14-18,20-23H,4,8H2,1H3/b3-2+/t12-,14+,15-,16-/m1/s1. The number of Topliss-reactive ketones (excluding diaryl/α,β-unsaturated/α-hetero) is 1. The Hall–Kier alpha value is -1.97. The smallest absolute Gasteiger partial charge is 0.167 e. The minimum absolute atomic E-state index is 0.0271. The highest BCUT2D eigenvalue weighted by atomic mass is 16.5. The van der Waals surface area contributed by atoms with Gasteiger partial charge in [0, 0.05) is 6.42 Å². The Morgan fingerprint density at radius 2 is 1.88 bits per heavy atom. The number of phenolic OH excluding ortho intramolecular Hbond substituents is 1. The van der Waals surface area contributed by atoms with Crippen molar-refractivity contribution in [3.8, 4) is 11.5 Å². The van der Waals surface area contributed by atoms with Crippen molar-refractivity contribution in [3.05, 3.63) is 29.8 Å². The monoisotopic (exact) mass is 342 g/mol. The summed E-state index contributed by atoms with van der Waals surface area (Å²) in [6, 6.07) is 4.56. The summed E-state index contributed by atoms with van der Waals surface area (Å²) in [6.45, 7) is -0.818. The van der Waals surface area contributed by atoms with E-state index in [-0.39, 0.29) is 17.9 Å². The fraction of sp³-hybridized carbons (Fsp3) is 0.438. The summed E-state index contributed by atoms with van der Waals surface area (Å²) in [5, 5.41) is 56.1. The van der Waals surface area contributed by atoms with Crippen molar-refractivity contribution in [1.29, 1.82) is 0 Å². The first-order chi connectivity index (χ1) is 11.3. The number of phenols is 1. The Balaban J connectivity index is 2.64. The van der Waals surface area contributed by atoms with Gasteiger partial charge in [-0.05, 0) is 17.7 Å². The van der Waals surface area contributed by atoms with E-state index in [1.807, 2.05) is 0 Å². The van der Waals surface area contributed by atoms with Gasteiger partial charge in [-0.1, -0.05) is 18.2 Å². The number of hydrogen-bond acceptors (Lipinski definition) is 8. The molecule has 0 aromatic heterocycles. The van der Waals surface area contributed by atoms with Crippen LogP contribution in [0.15, 0.2) is 24.3 Å². The summed E-state index contributed by atoms with van der Waals surface area (Å²) < 4.78 is 4.95. The highest BCUT2D eigenvalue weighted by Gasteiger charge is 2.33. The van der Waals surface area contributed by atoms with Crippen molar-refractivity contribution < 1.29 is 40.2 Å². The molecule has 0 unspecified atom stereocenters. The molecule has 1 aromatic carbocycles. The molecule has 0 fully saturated rings. The Morgan fingerprint density at radius 3 is 2.46 bits per heavy atom. The lowest BCUT2D eigenvalue weighted by Crippen LogP contribution is -2.48. The summed E-state index contributed by atoms with van der Waals surface area (Å²) >= 11 is 0. The molecule has 1 rings (SSSR count). The number of ether oxygens (including phenoxy) is 1. The molecular formula is C16H22O8. The zero-order valence-electron chi connectivity index (χ0n) is 13.1. The first-order valence-corrected chi connectivity index (χ1v) is 7.21. The minimum atomic E-state index is -1.91. The van der Waals surface area contributed by atoms with E-state index in [0.717, 1.165) is 0 Å². The van der Waals surface area contributed by atoms with Gasteiger partial charge >= 0.3 is 0 Å². The normalized spacial score (nSPS) is 16.6. The molecule has 0 spiro atoms. The van der Waals surface area contributed by atoms with E-state index < -0.39 is 36.8 Å². The van der Waals surface area contributed by atoms with Crippen molar-refractivity contribution in [2.24, 2.45) is 0 Å². The zero-order chi connectivity index (χ0) is 18.3. The summed E-state index contributed by atoms with van der Waals surface area (Å²) in [6.07, 6.45) is -4.58. The number of aromatic hydroxyl groups is 1. The van der Waals surface area contributed by atoms with Crippen LogP contribution in [-0.4, -0.2) is 74.6 Å². The van der Waals surface area contributed by atoms with Crippen LogP contribution in [-0.2, 0) is 4.79 Å². The van der Waals surface area contributed by atoms with E-state index in [1.54, 1.807) is 18.2 Å². The zero-order valence-corrected chi connectivity index (χ0v) is 13.1. The number of ketones is 1. The molecule has 0 heterocycles. The van der Waals surface area contributed by atoms with Crippen LogP contribution in [0.2, 0.25) is 0 Å². The summed E-state index contributed by atoms with van der Waals surface area (Å²) in [5.41, 5.74) is 0.642. The van der Waals surface area contributed by atoms with Gasteiger partial charge in [0.1, 0.15) is 24.4 Å². The summed E-state index contributed by atoms with van der Waals surface area (Å²) in [4.78, 5) is 11.8. The Kier molecular flexibility index (Phi) is 7.83. The predicted molar refractivity (Wildman–Crippen MR) is 84.4 cm³/mol. The maximum atomic E-state index is 11.8. The molecule has 24 heavy (non-hydrogen) atoms. The molecule has 0 aliphatic carbocycles. The second kappa shape index (κ2) is 9.36. The Morgan fingerprint density at radius 1 is 1.21 bits per heavy atom. The quantitative estimate of drug-likeness (QED) is 0.328. The molecule has 0 saturated heterocycles. The fourth-order valence-corrected chi connectivity index (χ4v) is 1.94. The van der Waals surface area contributed by atoms with Crippen molar-refractivity contribution in [3.63, 3.8) is 0 Å². The van der Waals surface area contributed by atoms with Crippen LogP contribution in [0.5, 0.6) is 11.5 Å². The van der Waals surface area contributed by atoms with E-state index in [2.05, 4.69) is 0 Å². The first-order valence-electron chi connectivity index (χ1n) is 7.21. The van der Waals surface area contributed by atoms with E-state index in [1.165, 1.54) is 19.3 Å². The molecule has 1 aromatic rings. The molecule has 0 aliphatic heterocycles. The molecule has 0 bridgehead atoms. The number of benzene rings is 1. The van der Waals surface area contributed by atoms with Crippen LogP contribution >= 0.6 is 0 Å². The van der Waals surface area contributed by atoms with Crippen LogP contribution in [0, 0.1) is 0 Å². The number of carbonyl (C=O) groups is 1. The third kappa shape index (κ3) is 5.29. The van der Waals surface area contributed by atoms with E-state index in [0.29, 0.717) is 5.56 Å². The topological polar surface area (TPSA) is 148 Å². The number of methoxy groups -OCH3 is 1. The average molecular weight is 342 g/mol. The van der Waals surface area contributed by atoms with Gasteiger partial charge in [-0.25, -0.2) is 0 Å². The number of allylic oxidation sites excluding steroid dienone is 1. The number of rotatable bonds is 9. The van der Waals surface area contributed by atoms with Crippen LogP contribution in [0.4, 0.5) is 0 Å². The molecule has 0 amide bonds. The number of carbonyl (C=O) groups excluding carboxylic acids is 1. The van der Waals surface area contributed by atoms with Crippen molar-refractivity contribution >= 4 is 11.9 Å². The fourth-order valence-electron chi connectivity index (χ4n) is 1.94. The first kappa shape index (κ1) is 20.1. The van der Waals surface area contributed by atoms with Gasteiger partial charge < -0.3 is 35.4 Å². The van der Waals surface area contributed by atoms with E-state index in [9.17, 15) is 30.3 Å². The number of aliphatic hydroxyl groups excluding tert-OH is 5. The van der Waals surface area contributed by atoms with Gasteiger partial charge in [0.15, 0.2) is 17.3 Å². The molecule has 134 valence electrons. The maximum absolute atomic E-state index is 11.8. The maximum Gasteiger partial charge on any atom is 0.167 e. The molecule has 0 radical (unpaired) electrons. The van der Waals surface area contributed by atoms with Crippen molar-refractivity contribution in [2.45, 2.75) is 30.8 Å². The van der Waals surface area contributed by atoms with Gasteiger partial charge in [0.05, 0.1) is 13.7 Å². The van der Waals surface area contributed by atoms with E-state index >= 15 is 0 Å². The van der Waals surface area contributed by atoms with Crippen molar-refractivity contribution in [1.82, 2.24) is 0 Å². The van der Waals surface area contributed by atoms with Crippen LogP contribution in [0.25, 0.3) is 6.08 Å². The number of aliphatic hydroxyl groups is 5. The lowest BCUT2D eigenvalue weighted by atomic mass is 9.99.